The van der Waals surface area contributed by atoms with E-state index in [9.17, 15) is 18.3 Å². The summed E-state index contributed by atoms with van der Waals surface area (Å²) in [7, 11) is 0. The molecule has 2 aromatic carbocycles. The van der Waals surface area contributed by atoms with E-state index in [4.69, 9.17) is 16.7 Å². The average Bonchev–Trinajstić information content (AvgIpc) is 2.78. The zero-order valence-corrected chi connectivity index (χ0v) is 17.1. The Morgan fingerprint density at radius 1 is 1.00 bits per heavy atom. The molecule has 0 amide bonds. The molecule has 2 heterocycles. The Labute approximate surface area is 185 Å². The van der Waals surface area contributed by atoms with Gasteiger partial charge in [-0.3, -0.25) is 4.98 Å². The van der Waals surface area contributed by atoms with Crippen molar-refractivity contribution in [2.45, 2.75) is 12.3 Å². The molecule has 0 fully saturated rings. The van der Waals surface area contributed by atoms with E-state index >= 15 is 0 Å². The van der Waals surface area contributed by atoms with E-state index in [2.05, 4.69) is 20.3 Å². The van der Waals surface area contributed by atoms with Crippen LogP contribution in [0, 0.1) is 0 Å². The number of aliphatic hydroxyl groups is 2. The van der Waals surface area contributed by atoms with Crippen molar-refractivity contribution in [2.75, 3.05) is 11.9 Å². The zero-order chi connectivity index (χ0) is 22.9. The largest absolute Gasteiger partial charge is 0.416 e. The SMILES string of the molecule is OC[C@@H](O)c1cnc(-c2ccc3c(Nc4ccc(C(F)(F)F)cc4)ncnc3c2)c(Cl)c1. The first-order chi connectivity index (χ1) is 15.3. The number of pyridine rings is 1. The molecule has 0 saturated carbocycles. The van der Waals surface area contributed by atoms with Gasteiger partial charge < -0.3 is 15.5 Å². The van der Waals surface area contributed by atoms with E-state index < -0.39 is 24.5 Å². The highest BCUT2D eigenvalue weighted by Crippen LogP contribution is 2.33. The van der Waals surface area contributed by atoms with Crippen molar-refractivity contribution in [3.05, 3.63) is 77.2 Å². The predicted molar refractivity (Wildman–Crippen MR) is 115 cm³/mol. The fourth-order valence-electron chi connectivity index (χ4n) is 3.14. The molecule has 0 spiro atoms. The van der Waals surface area contributed by atoms with Crippen molar-refractivity contribution >= 4 is 34.0 Å². The van der Waals surface area contributed by atoms with Crippen molar-refractivity contribution in [1.29, 1.82) is 0 Å². The number of fused-ring (bicyclic) bond motifs is 1. The number of hydrogen-bond donors (Lipinski definition) is 3. The van der Waals surface area contributed by atoms with Crippen LogP contribution in [0.3, 0.4) is 0 Å². The van der Waals surface area contributed by atoms with E-state index in [1.165, 1.54) is 30.7 Å². The van der Waals surface area contributed by atoms with Crippen LogP contribution in [0.4, 0.5) is 24.7 Å². The summed E-state index contributed by atoms with van der Waals surface area (Å²) >= 11 is 6.32. The van der Waals surface area contributed by atoms with E-state index in [1.54, 1.807) is 18.2 Å². The smallest absolute Gasteiger partial charge is 0.393 e. The number of aliphatic hydroxyl groups excluding tert-OH is 2. The molecule has 1 atom stereocenters. The Bertz CT molecular complexity index is 1270. The maximum absolute atomic E-state index is 12.8. The van der Waals surface area contributed by atoms with Crippen LogP contribution in [0.25, 0.3) is 22.2 Å². The van der Waals surface area contributed by atoms with Gasteiger partial charge in [-0.1, -0.05) is 17.7 Å². The topological polar surface area (TPSA) is 91.2 Å². The van der Waals surface area contributed by atoms with Crippen LogP contribution < -0.4 is 5.32 Å². The minimum Gasteiger partial charge on any atom is -0.393 e. The molecule has 0 aliphatic heterocycles. The summed E-state index contributed by atoms with van der Waals surface area (Å²) in [5.74, 6) is 0.432. The van der Waals surface area contributed by atoms with Crippen molar-refractivity contribution in [3.8, 4) is 11.3 Å². The lowest BCUT2D eigenvalue weighted by atomic mass is 10.1. The lowest BCUT2D eigenvalue weighted by molar-refractivity contribution is -0.137. The first-order valence-corrected chi connectivity index (χ1v) is 9.78. The highest BCUT2D eigenvalue weighted by atomic mass is 35.5. The third-order valence-corrected chi connectivity index (χ3v) is 5.09. The number of alkyl halides is 3. The monoisotopic (exact) mass is 460 g/mol. The lowest BCUT2D eigenvalue weighted by Gasteiger charge is -2.12. The van der Waals surface area contributed by atoms with Gasteiger partial charge in [0.15, 0.2) is 0 Å². The molecule has 6 nitrogen and oxygen atoms in total. The highest BCUT2D eigenvalue weighted by molar-refractivity contribution is 6.33. The molecule has 3 N–H and O–H groups in total. The molecule has 10 heteroatoms. The van der Waals surface area contributed by atoms with Crippen LogP contribution in [0.15, 0.2) is 61.1 Å². The molecule has 4 rings (SSSR count). The fraction of sp³-hybridized carbons (Fsp3) is 0.136. The van der Waals surface area contributed by atoms with Gasteiger partial charge in [0.25, 0.3) is 0 Å². The van der Waals surface area contributed by atoms with Gasteiger partial charge in [-0.25, -0.2) is 9.97 Å². The van der Waals surface area contributed by atoms with Crippen molar-refractivity contribution in [2.24, 2.45) is 0 Å². The van der Waals surface area contributed by atoms with Crippen LogP contribution in [0.2, 0.25) is 5.02 Å². The first-order valence-electron chi connectivity index (χ1n) is 9.40. The van der Waals surface area contributed by atoms with E-state index in [0.29, 0.717) is 44.3 Å². The van der Waals surface area contributed by atoms with Crippen LogP contribution in [-0.4, -0.2) is 31.8 Å². The summed E-state index contributed by atoms with van der Waals surface area (Å²) in [4.78, 5) is 12.7. The molecular weight excluding hydrogens is 445 g/mol. The maximum Gasteiger partial charge on any atom is 0.416 e. The van der Waals surface area contributed by atoms with Crippen molar-refractivity contribution in [1.82, 2.24) is 15.0 Å². The van der Waals surface area contributed by atoms with Crippen molar-refractivity contribution in [3.63, 3.8) is 0 Å². The highest BCUT2D eigenvalue weighted by Gasteiger charge is 2.30. The van der Waals surface area contributed by atoms with E-state index in [1.807, 2.05) is 0 Å². The second-order valence-corrected chi connectivity index (χ2v) is 7.36. The predicted octanol–water partition coefficient (Wildman–Crippen LogP) is 5.13. The Morgan fingerprint density at radius 2 is 1.75 bits per heavy atom. The molecule has 0 aliphatic carbocycles. The molecule has 0 bridgehead atoms. The van der Waals surface area contributed by atoms with Crippen LogP contribution in [0.5, 0.6) is 0 Å². The lowest BCUT2D eigenvalue weighted by Crippen LogP contribution is -2.04. The third kappa shape index (κ3) is 4.50. The molecule has 4 aromatic rings. The summed E-state index contributed by atoms with van der Waals surface area (Å²) in [6, 6.07) is 11.5. The molecule has 0 radical (unpaired) electrons. The summed E-state index contributed by atoms with van der Waals surface area (Å²) in [6.45, 7) is -0.445. The van der Waals surface area contributed by atoms with Crippen LogP contribution in [-0.2, 0) is 6.18 Å². The number of benzene rings is 2. The molecule has 2 aromatic heterocycles. The second-order valence-electron chi connectivity index (χ2n) is 6.95. The minimum atomic E-state index is -4.40. The van der Waals surface area contributed by atoms with E-state index in [0.717, 1.165) is 12.1 Å². The summed E-state index contributed by atoms with van der Waals surface area (Å²) in [5.41, 5.74) is 1.83. The summed E-state index contributed by atoms with van der Waals surface area (Å²) < 4.78 is 38.3. The number of rotatable bonds is 5. The van der Waals surface area contributed by atoms with Crippen molar-refractivity contribution < 1.29 is 23.4 Å². The first kappa shape index (κ1) is 21.9. The van der Waals surface area contributed by atoms with Gasteiger partial charge >= 0.3 is 6.18 Å². The van der Waals surface area contributed by atoms with Crippen LogP contribution >= 0.6 is 11.6 Å². The van der Waals surface area contributed by atoms with Crippen LogP contribution in [0.1, 0.15) is 17.2 Å². The standard InChI is InChI=1S/C22H16ClF3N4O2/c23-17-7-13(19(32)10-31)9-27-20(17)12-1-6-16-18(8-12)28-11-29-21(16)30-15-4-2-14(3-5-15)22(24,25)26/h1-9,11,19,31-32H,10H2,(H,28,29,30)/t19-/m1/s1. The van der Waals surface area contributed by atoms with Gasteiger partial charge in [0, 0.05) is 28.4 Å². The minimum absolute atomic E-state index is 0.298. The number of anilines is 2. The maximum atomic E-state index is 12.8. The fourth-order valence-corrected chi connectivity index (χ4v) is 3.42. The Kier molecular flexibility index (Phi) is 5.96. The number of hydrogen-bond acceptors (Lipinski definition) is 6. The van der Waals surface area contributed by atoms with Gasteiger partial charge in [0.2, 0.25) is 0 Å². The molecule has 164 valence electrons. The molecule has 0 aliphatic rings. The summed E-state index contributed by atoms with van der Waals surface area (Å²) in [6.07, 6.45) is -2.70. The Balaban J connectivity index is 1.64. The Morgan fingerprint density at radius 3 is 2.41 bits per heavy atom. The van der Waals surface area contributed by atoms with Gasteiger partial charge in [-0.2, -0.15) is 13.2 Å². The molecule has 0 unspecified atom stereocenters. The average molecular weight is 461 g/mol. The number of nitrogens with one attached hydrogen (secondary N) is 1. The number of halogens is 4. The molecule has 0 saturated heterocycles. The van der Waals surface area contributed by atoms with Gasteiger partial charge in [-0.05, 0) is 42.5 Å². The van der Waals surface area contributed by atoms with Gasteiger partial charge in [0.1, 0.15) is 18.2 Å². The van der Waals surface area contributed by atoms with Gasteiger partial charge in [-0.15, -0.1) is 0 Å². The Hall–Kier alpha value is -3.27. The second kappa shape index (κ2) is 8.70. The normalized spacial score (nSPS) is 12.7. The zero-order valence-electron chi connectivity index (χ0n) is 16.3. The summed E-state index contributed by atoms with van der Waals surface area (Å²) in [5, 5.41) is 22.8. The number of aromatic nitrogens is 3. The molecule has 32 heavy (non-hydrogen) atoms. The van der Waals surface area contributed by atoms with Gasteiger partial charge in [0.05, 0.1) is 28.4 Å². The third-order valence-electron chi connectivity index (χ3n) is 4.80. The molecular formula is C22H16ClF3N4O2. The quantitative estimate of drug-likeness (QED) is 0.382. The van der Waals surface area contributed by atoms with E-state index in [-0.39, 0.29) is 0 Å². The number of nitrogens with zero attached hydrogens (tertiary/aromatic N) is 3.